The molecule has 0 unspecified atom stereocenters. The minimum atomic E-state index is -0.187. The fourth-order valence-electron chi connectivity index (χ4n) is 3.55. The van der Waals surface area contributed by atoms with E-state index in [2.05, 4.69) is 38.2 Å². The Morgan fingerprint density at radius 3 is 2.47 bits per heavy atom. The molecule has 1 N–H and O–H groups in total. The van der Waals surface area contributed by atoms with Crippen molar-refractivity contribution in [2.75, 3.05) is 13.7 Å². The maximum atomic E-state index is 13.2. The minimum absolute atomic E-state index is 0.167. The molecule has 1 amide bonds. The molecule has 0 aliphatic rings. The first-order valence-corrected chi connectivity index (χ1v) is 10.7. The molecule has 4 aromatic rings. The van der Waals surface area contributed by atoms with Crippen molar-refractivity contribution in [3.63, 3.8) is 0 Å². The van der Waals surface area contributed by atoms with E-state index in [1.54, 1.807) is 17.7 Å². The van der Waals surface area contributed by atoms with Crippen LogP contribution in [0.3, 0.4) is 0 Å². The lowest BCUT2D eigenvalue weighted by Gasteiger charge is -2.14. The lowest BCUT2D eigenvalue weighted by molar-refractivity contribution is 0.0946. The van der Waals surface area contributed by atoms with E-state index >= 15 is 0 Å². The number of hydrogen-bond acceptors (Lipinski definition) is 4. The van der Waals surface area contributed by atoms with E-state index in [0.717, 1.165) is 17.7 Å². The number of nitrogens with zero attached hydrogens (tertiary/aromatic N) is 3. The summed E-state index contributed by atoms with van der Waals surface area (Å²) in [6, 6.07) is 21.5. The van der Waals surface area contributed by atoms with Gasteiger partial charge in [-0.1, -0.05) is 63.2 Å². The predicted molar refractivity (Wildman–Crippen MR) is 126 cm³/mol. The Labute approximate surface area is 188 Å². The Kier molecular flexibility index (Phi) is 5.95. The van der Waals surface area contributed by atoms with Crippen molar-refractivity contribution in [2.24, 2.45) is 0 Å². The second-order valence-electron chi connectivity index (χ2n) is 8.77. The van der Waals surface area contributed by atoms with E-state index < -0.39 is 0 Å². The zero-order valence-corrected chi connectivity index (χ0v) is 18.9. The first-order valence-electron chi connectivity index (χ1n) is 10.7. The van der Waals surface area contributed by atoms with Crippen LogP contribution in [0.1, 0.15) is 42.5 Å². The fraction of sp³-hybridized carbons (Fsp3) is 0.269. The normalized spacial score (nSPS) is 11.5. The number of fused-ring (bicyclic) bond motifs is 1. The third-order valence-corrected chi connectivity index (χ3v) is 5.35. The minimum Gasteiger partial charge on any atom is -0.496 e. The summed E-state index contributed by atoms with van der Waals surface area (Å²) in [6.07, 6.45) is 0.756. The molecular weight excluding hydrogens is 400 g/mol. The van der Waals surface area contributed by atoms with Crippen molar-refractivity contribution in [3.8, 4) is 17.0 Å². The standard InChI is InChI=1S/C26H28N4O2/c1-26(2,3)23-17-24-28-20(19-12-8-9-13-22(19)32-4)16-21(30(24)29-23)25(31)27-15-14-18-10-6-5-7-11-18/h5-13,16-17H,14-15H2,1-4H3,(H,27,31). The first kappa shape index (κ1) is 21.6. The van der Waals surface area contributed by atoms with Crippen molar-refractivity contribution < 1.29 is 9.53 Å². The zero-order chi connectivity index (χ0) is 22.7. The van der Waals surface area contributed by atoms with Gasteiger partial charge < -0.3 is 10.1 Å². The second kappa shape index (κ2) is 8.83. The lowest BCUT2D eigenvalue weighted by Crippen LogP contribution is -2.28. The largest absolute Gasteiger partial charge is 0.496 e. The highest BCUT2D eigenvalue weighted by Crippen LogP contribution is 2.30. The van der Waals surface area contributed by atoms with Gasteiger partial charge in [-0.25, -0.2) is 9.50 Å². The van der Waals surface area contributed by atoms with Crippen LogP contribution >= 0.6 is 0 Å². The molecule has 2 heterocycles. The molecule has 0 bridgehead atoms. The van der Waals surface area contributed by atoms with Gasteiger partial charge in [-0.15, -0.1) is 0 Å². The molecule has 4 rings (SSSR count). The number of para-hydroxylation sites is 1. The predicted octanol–water partition coefficient (Wildman–Crippen LogP) is 4.67. The highest BCUT2D eigenvalue weighted by atomic mass is 16.5. The maximum Gasteiger partial charge on any atom is 0.270 e. The van der Waals surface area contributed by atoms with Crippen LogP contribution in [-0.2, 0) is 11.8 Å². The van der Waals surface area contributed by atoms with Crippen LogP contribution in [0, 0.1) is 0 Å². The van der Waals surface area contributed by atoms with Gasteiger partial charge in [0.25, 0.3) is 5.91 Å². The number of carbonyl (C=O) groups is 1. The van der Waals surface area contributed by atoms with Crippen molar-refractivity contribution in [3.05, 3.63) is 83.7 Å². The number of carbonyl (C=O) groups excluding carboxylic acids is 1. The molecule has 164 valence electrons. The summed E-state index contributed by atoms with van der Waals surface area (Å²) in [5.41, 5.74) is 4.46. The summed E-state index contributed by atoms with van der Waals surface area (Å²) in [4.78, 5) is 18.0. The molecule has 2 aromatic heterocycles. The highest BCUT2D eigenvalue weighted by Gasteiger charge is 2.22. The molecule has 0 fully saturated rings. The molecule has 0 saturated carbocycles. The summed E-state index contributed by atoms with van der Waals surface area (Å²) in [6.45, 7) is 6.81. The number of amides is 1. The molecule has 32 heavy (non-hydrogen) atoms. The number of ether oxygens (including phenoxy) is 1. The van der Waals surface area contributed by atoms with E-state index in [1.165, 1.54) is 5.56 Å². The summed E-state index contributed by atoms with van der Waals surface area (Å²) in [5, 5.41) is 7.75. The van der Waals surface area contributed by atoms with Crippen LogP contribution < -0.4 is 10.1 Å². The van der Waals surface area contributed by atoms with Gasteiger partial charge in [-0.2, -0.15) is 5.10 Å². The molecule has 6 nitrogen and oxygen atoms in total. The van der Waals surface area contributed by atoms with Crippen molar-refractivity contribution >= 4 is 11.6 Å². The quantitative estimate of drug-likeness (QED) is 0.484. The molecular formula is C26H28N4O2. The van der Waals surface area contributed by atoms with E-state index in [0.29, 0.717) is 29.3 Å². The van der Waals surface area contributed by atoms with Crippen LogP contribution in [0.5, 0.6) is 5.75 Å². The van der Waals surface area contributed by atoms with E-state index in [9.17, 15) is 4.79 Å². The smallest absolute Gasteiger partial charge is 0.270 e. The summed E-state index contributed by atoms with van der Waals surface area (Å²) < 4.78 is 7.16. The first-order chi connectivity index (χ1) is 15.4. The monoisotopic (exact) mass is 428 g/mol. The van der Waals surface area contributed by atoms with Gasteiger partial charge in [0.1, 0.15) is 11.4 Å². The highest BCUT2D eigenvalue weighted by molar-refractivity contribution is 5.94. The Hall–Kier alpha value is -3.67. The van der Waals surface area contributed by atoms with E-state index in [1.807, 2.05) is 48.5 Å². The molecule has 0 aliphatic heterocycles. The molecule has 2 aromatic carbocycles. The molecule has 0 atom stereocenters. The van der Waals surface area contributed by atoms with E-state index in [-0.39, 0.29) is 11.3 Å². The van der Waals surface area contributed by atoms with Gasteiger partial charge in [-0.3, -0.25) is 4.79 Å². The molecule has 0 aliphatic carbocycles. The van der Waals surface area contributed by atoms with Gasteiger partial charge in [0, 0.05) is 23.6 Å². The average Bonchev–Trinajstić information content (AvgIpc) is 3.24. The Bertz CT molecular complexity index is 1240. The number of methoxy groups -OCH3 is 1. The van der Waals surface area contributed by atoms with E-state index in [4.69, 9.17) is 14.8 Å². The Balaban J connectivity index is 1.73. The number of rotatable bonds is 6. The third kappa shape index (κ3) is 4.49. The van der Waals surface area contributed by atoms with Crippen molar-refractivity contribution in [1.82, 2.24) is 19.9 Å². The van der Waals surface area contributed by atoms with Gasteiger partial charge >= 0.3 is 0 Å². The third-order valence-electron chi connectivity index (χ3n) is 5.35. The second-order valence-corrected chi connectivity index (χ2v) is 8.77. The van der Waals surface area contributed by atoms with Crippen LogP contribution in [0.4, 0.5) is 0 Å². The van der Waals surface area contributed by atoms with Gasteiger partial charge in [0.2, 0.25) is 0 Å². The van der Waals surface area contributed by atoms with Gasteiger partial charge in [0.05, 0.1) is 18.5 Å². The van der Waals surface area contributed by atoms with Crippen molar-refractivity contribution in [2.45, 2.75) is 32.6 Å². The van der Waals surface area contributed by atoms with Gasteiger partial charge in [-0.05, 0) is 30.2 Å². The maximum absolute atomic E-state index is 13.2. The van der Waals surface area contributed by atoms with Crippen LogP contribution in [0.15, 0.2) is 66.7 Å². The molecule has 0 spiro atoms. The van der Waals surface area contributed by atoms with Crippen LogP contribution in [0.2, 0.25) is 0 Å². The topological polar surface area (TPSA) is 68.5 Å². The lowest BCUT2D eigenvalue weighted by atomic mass is 9.93. The fourth-order valence-corrected chi connectivity index (χ4v) is 3.55. The van der Waals surface area contributed by atoms with Crippen LogP contribution in [0.25, 0.3) is 16.9 Å². The number of nitrogens with one attached hydrogen (secondary N) is 1. The number of benzene rings is 2. The Morgan fingerprint density at radius 1 is 1.03 bits per heavy atom. The SMILES string of the molecule is COc1ccccc1-c1cc(C(=O)NCCc2ccccc2)n2nc(C(C)(C)C)cc2n1. The molecule has 6 heteroatoms. The summed E-state index contributed by atoms with van der Waals surface area (Å²) >= 11 is 0. The van der Waals surface area contributed by atoms with Gasteiger partial charge in [0.15, 0.2) is 5.65 Å². The summed E-state index contributed by atoms with van der Waals surface area (Å²) in [5.74, 6) is 0.517. The van der Waals surface area contributed by atoms with Crippen LogP contribution in [-0.4, -0.2) is 34.2 Å². The number of hydrogen-bond donors (Lipinski definition) is 1. The Morgan fingerprint density at radius 2 is 1.75 bits per heavy atom. The zero-order valence-electron chi connectivity index (χ0n) is 18.9. The average molecular weight is 429 g/mol. The number of aromatic nitrogens is 3. The molecule has 0 radical (unpaired) electrons. The summed E-state index contributed by atoms with van der Waals surface area (Å²) in [7, 11) is 1.63. The van der Waals surface area contributed by atoms with Crippen molar-refractivity contribution in [1.29, 1.82) is 0 Å². The molecule has 0 saturated heterocycles.